The molecule has 2 heterocycles. The molecule has 0 bridgehead atoms. The fourth-order valence-corrected chi connectivity index (χ4v) is 3.70. The van der Waals surface area contributed by atoms with Crippen molar-refractivity contribution in [3.8, 4) is 5.75 Å². The summed E-state index contributed by atoms with van der Waals surface area (Å²) in [4.78, 5) is 28.5. The third-order valence-electron chi connectivity index (χ3n) is 5.00. The zero-order chi connectivity index (χ0) is 20.4. The van der Waals surface area contributed by atoms with Gasteiger partial charge in [-0.15, -0.1) is 0 Å². The summed E-state index contributed by atoms with van der Waals surface area (Å²) in [6, 6.07) is 12.0. The minimum atomic E-state index is -0.278. The molecule has 1 aliphatic rings. The normalized spacial score (nSPS) is 16.1. The molecule has 1 fully saturated rings. The molecule has 1 aliphatic heterocycles. The molecule has 2 aromatic carbocycles. The van der Waals surface area contributed by atoms with Gasteiger partial charge in [0.05, 0.1) is 30.7 Å². The van der Waals surface area contributed by atoms with E-state index in [4.69, 9.17) is 21.7 Å². The summed E-state index contributed by atoms with van der Waals surface area (Å²) in [5.74, 6) is 0.431. The number of aromatic nitrogens is 2. The molecule has 29 heavy (non-hydrogen) atoms. The van der Waals surface area contributed by atoms with Crippen molar-refractivity contribution in [1.29, 1.82) is 0 Å². The monoisotopic (exact) mass is 411 g/mol. The number of rotatable bonds is 5. The maximum Gasteiger partial charge on any atom is 0.262 e. The van der Waals surface area contributed by atoms with E-state index >= 15 is 0 Å². The molecule has 1 saturated heterocycles. The lowest BCUT2D eigenvalue weighted by Gasteiger charge is -2.13. The minimum Gasteiger partial charge on any atom is -0.497 e. The van der Waals surface area contributed by atoms with Crippen molar-refractivity contribution in [2.24, 2.45) is 0 Å². The van der Waals surface area contributed by atoms with Gasteiger partial charge >= 0.3 is 0 Å². The first-order valence-corrected chi connectivity index (χ1v) is 9.80. The van der Waals surface area contributed by atoms with Crippen molar-refractivity contribution in [3.05, 3.63) is 63.2 Å². The quantitative estimate of drug-likeness (QED) is 0.628. The number of anilines is 1. The van der Waals surface area contributed by atoms with E-state index in [2.05, 4.69) is 10.3 Å². The van der Waals surface area contributed by atoms with Crippen LogP contribution >= 0.6 is 12.2 Å². The Kier molecular flexibility index (Phi) is 5.46. The molecule has 8 heteroatoms. The molecular weight excluding hydrogens is 390 g/mol. The van der Waals surface area contributed by atoms with Gasteiger partial charge in [-0.2, -0.15) is 0 Å². The van der Waals surface area contributed by atoms with Gasteiger partial charge in [0.2, 0.25) is 0 Å². The number of hydrogen-bond acceptors (Lipinski definition) is 5. The molecule has 1 aromatic heterocycles. The lowest BCUT2D eigenvalue weighted by molar-refractivity contribution is 0.0957. The maximum atomic E-state index is 12.9. The van der Waals surface area contributed by atoms with Crippen molar-refractivity contribution in [2.45, 2.75) is 25.5 Å². The van der Waals surface area contributed by atoms with E-state index in [1.165, 1.54) is 4.57 Å². The molecule has 1 atom stereocenters. The zero-order valence-electron chi connectivity index (χ0n) is 15.9. The lowest BCUT2D eigenvalue weighted by Crippen LogP contribution is -2.28. The van der Waals surface area contributed by atoms with Gasteiger partial charge in [-0.1, -0.05) is 0 Å². The van der Waals surface area contributed by atoms with Crippen molar-refractivity contribution in [2.75, 3.05) is 19.0 Å². The van der Waals surface area contributed by atoms with Crippen LogP contribution in [-0.2, 0) is 11.3 Å². The second kappa shape index (κ2) is 8.18. The Bertz CT molecular complexity index is 1160. The molecule has 150 valence electrons. The maximum absolute atomic E-state index is 12.9. The Morgan fingerprint density at radius 3 is 2.79 bits per heavy atom. The number of hydrogen-bond donors (Lipinski definition) is 2. The van der Waals surface area contributed by atoms with Crippen molar-refractivity contribution < 1.29 is 14.3 Å². The van der Waals surface area contributed by atoms with Gasteiger partial charge in [0, 0.05) is 17.9 Å². The van der Waals surface area contributed by atoms with Crippen LogP contribution in [0.25, 0.3) is 10.9 Å². The second-order valence-electron chi connectivity index (χ2n) is 6.92. The first-order chi connectivity index (χ1) is 14.0. The summed E-state index contributed by atoms with van der Waals surface area (Å²) in [5.41, 5.74) is 1.43. The molecule has 2 N–H and O–H groups in total. The number of methoxy groups -OCH3 is 1. The van der Waals surface area contributed by atoms with Gasteiger partial charge in [0.25, 0.3) is 11.5 Å². The van der Waals surface area contributed by atoms with Gasteiger partial charge in [0.1, 0.15) is 5.75 Å². The van der Waals surface area contributed by atoms with Gasteiger partial charge in [0.15, 0.2) is 4.77 Å². The summed E-state index contributed by atoms with van der Waals surface area (Å²) < 4.78 is 12.6. The van der Waals surface area contributed by atoms with Crippen LogP contribution in [0.1, 0.15) is 23.2 Å². The van der Waals surface area contributed by atoms with Crippen LogP contribution in [0, 0.1) is 4.77 Å². The highest BCUT2D eigenvalue weighted by Gasteiger charge is 2.18. The zero-order valence-corrected chi connectivity index (χ0v) is 16.8. The molecule has 1 amide bonds. The third kappa shape index (κ3) is 4.08. The summed E-state index contributed by atoms with van der Waals surface area (Å²) in [7, 11) is 1.58. The summed E-state index contributed by atoms with van der Waals surface area (Å²) in [6.07, 6.45) is 1.93. The van der Waals surface area contributed by atoms with E-state index in [-0.39, 0.29) is 17.6 Å². The average Bonchev–Trinajstić information content (AvgIpc) is 3.24. The fraction of sp³-hybridized carbons (Fsp3) is 0.286. The molecule has 0 unspecified atom stereocenters. The minimum absolute atomic E-state index is 0.00907. The SMILES string of the molecule is COc1ccc(NC(=O)c2ccc3c(=O)n(C[C@H]4CCCO4)c(=S)[nH]c3c2)cc1. The first-order valence-electron chi connectivity index (χ1n) is 9.39. The lowest BCUT2D eigenvalue weighted by atomic mass is 10.1. The average molecular weight is 411 g/mol. The van der Waals surface area contributed by atoms with E-state index in [0.29, 0.717) is 39.2 Å². The van der Waals surface area contributed by atoms with Gasteiger partial charge < -0.3 is 19.8 Å². The number of nitrogens with one attached hydrogen (secondary N) is 2. The van der Waals surface area contributed by atoms with Crippen LogP contribution in [0.3, 0.4) is 0 Å². The highest BCUT2D eigenvalue weighted by molar-refractivity contribution is 7.71. The van der Waals surface area contributed by atoms with Crippen LogP contribution in [-0.4, -0.2) is 35.3 Å². The van der Waals surface area contributed by atoms with Crippen LogP contribution < -0.4 is 15.6 Å². The largest absolute Gasteiger partial charge is 0.497 e. The van der Waals surface area contributed by atoms with Crippen LogP contribution in [0.4, 0.5) is 5.69 Å². The predicted octanol–water partition coefficient (Wildman–Crippen LogP) is 3.50. The molecule has 7 nitrogen and oxygen atoms in total. The van der Waals surface area contributed by atoms with E-state index in [0.717, 1.165) is 19.4 Å². The highest BCUT2D eigenvalue weighted by atomic mass is 32.1. The first kappa shape index (κ1) is 19.4. The van der Waals surface area contributed by atoms with E-state index in [9.17, 15) is 9.59 Å². The third-order valence-corrected chi connectivity index (χ3v) is 5.32. The second-order valence-corrected chi connectivity index (χ2v) is 7.31. The highest BCUT2D eigenvalue weighted by Crippen LogP contribution is 2.18. The van der Waals surface area contributed by atoms with E-state index in [1.54, 1.807) is 49.6 Å². The number of carbonyl (C=O) groups is 1. The van der Waals surface area contributed by atoms with Crippen LogP contribution in [0.5, 0.6) is 5.75 Å². The summed E-state index contributed by atoms with van der Waals surface area (Å²) in [5, 5.41) is 3.31. The molecule has 0 saturated carbocycles. The molecule has 0 radical (unpaired) electrons. The number of fused-ring (bicyclic) bond motifs is 1. The number of carbonyl (C=O) groups excluding carboxylic acids is 1. The smallest absolute Gasteiger partial charge is 0.262 e. The molecule has 0 spiro atoms. The molecular formula is C21H21N3O4S. The van der Waals surface area contributed by atoms with E-state index in [1.807, 2.05) is 0 Å². The number of amides is 1. The Hall–Kier alpha value is -2.97. The Morgan fingerprint density at radius 1 is 1.31 bits per heavy atom. The Labute approximate surface area is 172 Å². The topological polar surface area (TPSA) is 85.3 Å². The Morgan fingerprint density at radius 2 is 2.10 bits per heavy atom. The number of aromatic amines is 1. The van der Waals surface area contributed by atoms with Gasteiger partial charge in [-0.25, -0.2) is 0 Å². The van der Waals surface area contributed by atoms with Crippen LogP contribution in [0.2, 0.25) is 0 Å². The number of ether oxygens (including phenoxy) is 2. The number of benzene rings is 2. The summed E-state index contributed by atoms with van der Waals surface area (Å²) in [6.45, 7) is 1.15. The van der Waals surface area contributed by atoms with Gasteiger partial charge in [-0.3, -0.25) is 14.2 Å². The van der Waals surface area contributed by atoms with Crippen molar-refractivity contribution >= 4 is 34.7 Å². The molecule has 4 rings (SSSR count). The standard InChI is InChI=1S/C21H21N3O4S/c1-27-15-7-5-14(6-8-15)22-19(25)13-4-9-17-18(11-13)23-21(29)24(20(17)26)12-16-3-2-10-28-16/h4-9,11,16H,2-3,10,12H2,1H3,(H,22,25)(H,23,29)/t16-/m1/s1. The number of nitrogens with zero attached hydrogens (tertiary/aromatic N) is 1. The molecule has 3 aromatic rings. The predicted molar refractivity (Wildman–Crippen MR) is 113 cm³/mol. The fourth-order valence-electron chi connectivity index (χ4n) is 3.43. The number of H-pyrrole nitrogens is 1. The summed E-state index contributed by atoms with van der Waals surface area (Å²) >= 11 is 5.38. The van der Waals surface area contributed by atoms with Crippen molar-refractivity contribution in [1.82, 2.24) is 9.55 Å². The van der Waals surface area contributed by atoms with E-state index < -0.39 is 0 Å². The van der Waals surface area contributed by atoms with Crippen molar-refractivity contribution in [3.63, 3.8) is 0 Å². The Balaban J connectivity index is 1.60. The van der Waals surface area contributed by atoms with Crippen LogP contribution in [0.15, 0.2) is 47.3 Å². The molecule has 0 aliphatic carbocycles. The van der Waals surface area contributed by atoms with Gasteiger partial charge in [-0.05, 0) is 67.5 Å².